The number of thiophene rings is 3. The lowest BCUT2D eigenvalue weighted by atomic mass is 9.27. The van der Waals surface area contributed by atoms with Crippen LogP contribution in [0.25, 0.3) is 5.47 Å². The normalized spacial score (nSPS) is 19.3. The molecule has 0 radical (unpaired) electrons. The SMILES string of the molecule is C[N+]1(C)CC=C(c2cccs2)[B-]1(c1cccs1)c1cccs1. The van der Waals surface area contributed by atoms with Crippen molar-refractivity contribution < 1.29 is 4.39 Å². The minimum absolute atomic E-state index is 0.940. The van der Waals surface area contributed by atoms with E-state index in [1.54, 1.807) is 0 Å². The van der Waals surface area contributed by atoms with Crippen LogP contribution in [0.15, 0.2) is 58.6 Å². The lowest BCUT2D eigenvalue weighted by Crippen LogP contribution is -2.74. The van der Waals surface area contributed by atoms with Gasteiger partial charge >= 0.3 is 6.28 Å². The lowest BCUT2D eigenvalue weighted by Gasteiger charge is -2.52. The first-order valence-corrected chi connectivity index (χ1v) is 10.1. The van der Waals surface area contributed by atoms with E-state index in [1.165, 1.54) is 19.9 Å². The van der Waals surface area contributed by atoms with Crippen molar-refractivity contribution in [3.05, 3.63) is 63.5 Å². The predicted molar refractivity (Wildman–Crippen MR) is 103 cm³/mol. The molecule has 0 aliphatic carbocycles. The van der Waals surface area contributed by atoms with E-state index < -0.39 is 6.28 Å². The third-order valence-corrected chi connectivity index (χ3v) is 8.00. The van der Waals surface area contributed by atoms with Crippen LogP contribution in [0.4, 0.5) is 0 Å². The highest BCUT2D eigenvalue weighted by molar-refractivity contribution is 7.39. The summed E-state index contributed by atoms with van der Waals surface area (Å²) >= 11 is 5.67. The Kier molecular flexibility index (Phi) is 3.42. The van der Waals surface area contributed by atoms with Crippen molar-refractivity contribution in [1.29, 1.82) is 0 Å². The van der Waals surface area contributed by atoms with E-state index in [9.17, 15) is 0 Å². The molecule has 1 nitrogen and oxygen atoms in total. The second-order valence-corrected chi connectivity index (χ2v) is 9.36. The number of nitrogens with zero attached hydrogens (tertiary/aromatic N) is 1. The van der Waals surface area contributed by atoms with Gasteiger partial charge in [0.15, 0.2) is 0 Å². The average molecular weight is 343 g/mol. The zero-order valence-corrected chi connectivity index (χ0v) is 15.2. The molecular weight excluding hydrogens is 325 g/mol. The van der Waals surface area contributed by atoms with Crippen LogP contribution in [0.3, 0.4) is 0 Å². The molecule has 0 aromatic carbocycles. The summed E-state index contributed by atoms with van der Waals surface area (Å²) in [5.74, 6) is 0. The summed E-state index contributed by atoms with van der Waals surface area (Å²) in [6, 6.07) is 13.5. The number of hydrogen-bond donors (Lipinski definition) is 0. The average Bonchev–Trinajstić information content (AvgIpc) is 3.27. The fourth-order valence-electron chi connectivity index (χ4n) is 3.98. The van der Waals surface area contributed by atoms with Gasteiger partial charge in [0.1, 0.15) is 0 Å². The van der Waals surface area contributed by atoms with Crippen LogP contribution in [-0.2, 0) is 0 Å². The zero-order valence-electron chi connectivity index (χ0n) is 12.7. The summed E-state index contributed by atoms with van der Waals surface area (Å²) in [7, 11) is 4.77. The topological polar surface area (TPSA) is 0 Å². The first-order chi connectivity index (χ1) is 10.7. The monoisotopic (exact) mass is 343 g/mol. The van der Waals surface area contributed by atoms with Crippen LogP contribution in [0.2, 0.25) is 0 Å². The van der Waals surface area contributed by atoms with E-state index >= 15 is 0 Å². The van der Waals surface area contributed by atoms with E-state index in [2.05, 4.69) is 72.7 Å². The molecule has 0 N–H and O–H groups in total. The number of quaternary nitrogens is 1. The highest BCUT2D eigenvalue weighted by Crippen LogP contribution is 2.40. The number of rotatable bonds is 3. The summed E-state index contributed by atoms with van der Waals surface area (Å²) in [6.45, 7) is 1.09. The van der Waals surface area contributed by atoms with Crippen molar-refractivity contribution in [2.75, 3.05) is 20.6 Å². The van der Waals surface area contributed by atoms with Crippen molar-refractivity contribution in [3.8, 4) is 0 Å². The molecule has 0 spiro atoms. The van der Waals surface area contributed by atoms with Crippen molar-refractivity contribution in [2.24, 2.45) is 0 Å². The van der Waals surface area contributed by atoms with E-state index in [0.717, 1.165) is 10.9 Å². The first-order valence-electron chi connectivity index (χ1n) is 7.47. The quantitative estimate of drug-likeness (QED) is 0.637. The summed E-state index contributed by atoms with van der Waals surface area (Å²) < 4.78 is 4.02. The molecule has 0 amide bonds. The standard InChI is InChI=1S/C17H18BNS3/c1-19(2)10-9-14(15-6-3-11-20-15)18(19,16-7-4-12-21-16)17-8-5-13-22-17/h3-9,11-13H,10H2,1-2H3. The highest BCUT2D eigenvalue weighted by atomic mass is 32.1. The molecule has 112 valence electrons. The van der Waals surface area contributed by atoms with Crippen LogP contribution >= 0.6 is 34.0 Å². The van der Waals surface area contributed by atoms with Gasteiger partial charge in [-0.15, -0.1) is 16.8 Å². The minimum Gasteiger partial charge on any atom is -0.505 e. The van der Waals surface area contributed by atoms with Crippen molar-refractivity contribution >= 4 is 55.3 Å². The Bertz CT molecular complexity index is 749. The fraction of sp³-hybridized carbons (Fsp3) is 0.176. The maximum absolute atomic E-state index is 2.48. The molecule has 4 rings (SSSR count). The molecule has 5 heteroatoms. The summed E-state index contributed by atoms with van der Waals surface area (Å²) in [5.41, 5.74) is 1.53. The first kappa shape index (κ1) is 14.5. The van der Waals surface area contributed by atoms with Gasteiger partial charge in [0.2, 0.25) is 0 Å². The van der Waals surface area contributed by atoms with Crippen molar-refractivity contribution in [2.45, 2.75) is 0 Å². The zero-order chi connectivity index (χ0) is 15.2. The molecule has 4 heterocycles. The van der Waals surface area contributed by atoms with Crippen LogP contribution in [0.1, 0.15) is 4.88 Å². The molecule has 0 saturated carbocycles. The molecule has 0 unspecified atom stereocenters. The van der Waals surface area contributed by atoms with Gasteiger partial charge in [0.05, 0.1) is 6.54 Å². The molecule has 0 saturated heterocycles. The van der Waals surface area contributed by atoms with Crippen LogP contribution in [-0.4, -0.2) is 31.3 Å². The summed E-state index contributed by atoms with van der Waals surface area (Å²) in [4.78, 5) is 1.42. The molecule has 3 aromatic heterocycles. The van der Waals surface area contributed by atoms with Gasteiger partial charge in [-0.25, -0.2) is 0 Å². The van der Waals surface area contributed by atoms with Crippen LogP contribution < -0.4 is 9.55 Å². The predicted octanol–water partition coefficient (Wildman–Crippen LogP) is 3.64. The third-order valence-electron chi connectivity index (χ3n) is 5.00. The van der Waals surface area contributed by atoms with Crippen LogP contribution in [0, 0.1) is 0 Å². The van der Waals surface area contributed by atoms with Crippen molar-refractivity contribution in [3.63, 3.8) is 0 Å². The van der Waals surface area contributed by atoms with Crippen LogP contribution in [0.5, 0.6) is 0 Å². The van der Waals surface area contributed by atoms with E-state index in [-0.39, 0.29) is 0 Å². The van der Waals surface area contributed by atoms with E-state index in [0.29, 0.717) is 0 Å². The Hall–Kier alpha value is -1.14. The molecule has 3 aromatic rings. The molecule has 22 heavy (non-hydrogen) atoms. The van der Waals surface area contributed by atoms with Gasteiger partial charge in [0.25, 0.3) is 0 Å². The van der Waals surface area contributed by atoms with Gasteiger partial charge < -0.3 is 4.39 Å². The lowest BCUT2D eigenvalue weighted by molar-refractivity contribution is -0.776. The smallest absolute Gasteiger partial charge is 0.310 e. The van der Waals surface area contributed by atoms with E-state index in [4.69, 9.17) is 0 Å². The Labute approximate surface area is 143 Å². The molecule has 0 bridgehead atoms. The maximum atomic E-state index is 2.48. The van der Waals surface area contributed by atoms with Crippen molar-refractivity contribution in [1.82, 2.24) is 0 Å². The maximum Gasteiger partial charge on any atom is 0.310 e. The summed E-state index contributed by atoms with van der Waals surface area (Å²) in [5, 5.41) is 6.63. The number of hydrogen-bond acceptors (Lipinski definition) is 3. The summed E-state index contributed by atoms with van der Waals surface area (Å²) in [6.07, 6.45) is 1.54. The second kappa shape index (κ2) is 5.20. The molecule has 0 atom stereocenters. The van der Waals surface area contributed by atoms with Gasteiger partial charge in [0, 0.05) is 14.1 Å². The Morgan fingerprint density at radius 2 is 1.45 bits per heavy atom. The molecule has 0 fully saturated rings. The van der Waals surface area contributed by atoms with Gasteiger partial charge in [-0.2, -0.15) is 22.7 Å². The Balaban J connectivity index is 2.04. The number of likely N-dealkylation sites (N-methyl/N-ethyl adjacent to an activating group) is 1. The largest absolute Gasteiger partial charge is 0.505 e. The van der Waals surface area contributed by atoms with E-state index in [1.807, 2.05) is 34.0 Å². The second-order valence-electron chi connectivity index (χ2n) is 6.45. The Morgan fingerprint density at radius 3 is 1.95 bits per heavy atom. The molecule has 1 aliphatic heterocycles. The van der Waals surface area contributed by atoms with Gasteiger partial charge in [-0.05, 0) is 27.1 Å². The van der Waals surface area contributed by atoms with Gasteiger partial charge in [-0.1, -0.05) is 46.0 Å². The Morgan fingerprint density at radius 1 is 0.864 bits per heavy atom. The minimum atomic E-state index is -0.940. The molecular formula is C17H18BNS3. The molecule has 1 aliphatic rings. The van der Waals surface area contributed by atoms with Gasteiger partial charge in [-0.3, -0.25) is 0 Å². The highest BCUT2D eigenvalue weighted by Gasteiger charge is 2.52. The third kappa shape index (κ3) is 1.86. The fourth-order valence-corrected chi connectivity index (χ4v) is 7.32.